The van der Waals surface area contributed by atoms with Crippen molar-refractivity contribution in [3.8, 4) is 11.1 Å². The van der Waals surface area contributed by atoms with Crippen molar-refractivity contribution in [3.05, 3.63) is 54.4 Å². The molecule has 0 spiro atoms. The van der Waals surface area contributed by atoms with Crippen LogP contribution in [0.5, 0.6) is 0 Å². The first kappa shape index (κ1) is 14.6. The summed E-state index contributed by atoms with van der Waals surface area (Å²) >= 11 is 0.355. The van der Waals surface area contributed by atoms with Crippen LogP contribution >= 0.6 is 12.1 Å². The number of carbonyl (C=O) groups excluding carboxylic acids is 1. The van der Waals surface area contributed by atoms with Crippen LogP contribution in [0.2, 0.25) is 0 Å². The Morgan fingerprint density at radius 2 is 2.09 bits per heavy atom. The molecule has 1 N–H and O–H groups in total. The number of carbonyl (C=O) groups is 1. The van der Waals surface area contributed by atoms with Crippen LogP contribution in [0.3, 0.4) is 0 Å². The van der Waals surface area contributed by atoms with Crippen molar-refractivity contribution in [2.75, 3.05) is 11.1 Å². The van der Waals surface area contributed by atoms with Gasteiger partial charge < -0.3 is 9.72 Å². The van der Waals surface area contributed by atoms with Crippen LogP contribution in [-0.4, -0.2) is 21.5 Å². The van der Waals surface area contributed by atoms with E-state index in [0.29, 0.717) is 36.5 Å². The lowest BCUT2D eigenvalue weighted by atomic mass is 9.99. The molecule has 1 aromatic carbocycles. The van der Waals surface area contributed by atoms with Crippen molar-refractivity contribution < 1.29 is 8.68 Å². The van der Waals surface area contributed by atoms with E-state index in [0.717, 1.165) is 22.3 Å². The molecule has 112 valence electrons. The lowest BCUT2D eigenvalue weighted by Crippen LogP contribution is -1.93. The molecule has 4 nitrogen and oxygen atoms in total. The largest absolute Gasteiger partial charge is 0.312 e. The average Bonchev–Trinajstić information content (AvgIpc) is 2.95. The van der Waals surface area contributed by atoms with Gasteiger partial charge in [0.1, 0.15) is 5.65 Å². The van der Waals surface area contributed by atoms with Crippen molar-refractivity contribution in [2.24, 2.45) is 0 Å². The number of rotatable bonds is 6. The molecule has 0 radical (unpaired) electrons. The van der Waals surface area contributed by atoms with Crippen molar-refractivity contribution in [2.45, 2.75) is 6.42 Å². The summed E-state index contributed by atoms with van der Waals surface area (Å²) in [5, 5.41) is 2.54. The van der Waals surface area contributed by atoms with Crippen LogP contribution in [0, 0.1) is 0 Å². The fourth-order valence-corrected chi connectivity index (χ4v) is 2.75. The summed E-state index contributed by atoms with van der Waals surface area (Å²) in [7, 11) is 0. The molecule has 3 aromatic rings. The second-order valence-corrected chi connectivity index (χ2v) is 5.42. The Balaban J connectivity index is 2.01. The number of aromatic nitrogens is 2. The number of benzene rings is 1. The molecule has 3 rings (SSSR count). The smallest absolute Gasteiger partial charge is 0.212 e. The van der Waals surface area contributed by atoms with Gasteiger partial charge >= 0.3 is 0 Å². The van der Waals surface area contributed by atoms with Crippen LogP contribution in [0.25, 0.3) is 16.8 Å². The zero-order valence-electron chi connectivity index (χ0n) is 11.7. The highest BCUT2D eigenvalue weighted by Gasteiger charge is 2.07. The highest BCUT2D eigenvalue weighted by Crippen LogP contribution is 2.26. The summed E-state index contributed by atoms with van der Waals surface area (Å²) < 4.78 is 14.2. The van der Waals surface area contributed by atoms with Gasteiger partial charge in [-0.05, 0) is 35.2 Å². The van der Waals surface area contributed by atoms with E-state index in [4.69, 9.17) is 0 Å². The first-order chi connectivity index (χ1) is 10.8. The molecule has 2 heterocycles. The minimum Gasteiger partial charge on any atom is -0.312 e. The van der Waals surface area contributed by atoms with Crippen molar-refractivity contribution in [1.29, 1.82) is 0 Å². The third kappa shape index (κ3) is 2.96. The minimum absolute atomic E-state index is 0.355. The van der Waals surface area contributed by atoms with Crippen molar-refractivity contribution in [1.82, 2.24) is 9.38 Å². The number of imidazole rings is 1. The Bertz CT molecular complexity index is 803. The first-order valence-electron chi connectivity index (χ1n) is 6.82. The number of halogens is 1. The van der Waals surface area contributed by atoms with Gasteiger partial charge in [-0.25, -0.2) is 4.98 Å². The highest BCUT2D eigenvalue weighted by atomic mass is 32.2. The Morgan fingerprint density at radius 3 is 2.91 bits per heavy atom. The molecular weight excluding hydrogens is 301 g/mol. The Kier molecular flexibility index (Phi) is 4.39. The van der Waals surface area contributed by atoms with Crippen LogP contribution in [0.15, 0.2) is 48.8 Å². The number of hydrogen-bond acceptors (Lipinski definition) is 3. The molecule has 0 unspecified atom stereocenters. The fraction of sp³-hybridized carbons (Fsp3) is 0.125. The number of hydrogen-bond donors (Lipinski definition) is 1. The van der Waals surface area contributed by atoms with Crippen LogP contribution in [-0.2, 0) is 11.2 Å². The van der Waals surface area contributed by atoms with Gasteiger partial charge in [-0.3, -0.25) is 4.79 Å². The number of nitrogens with one attached hydrogen (secondary N) is 1. The topological polar surface area (TPSA) is 46.4 Å². The second-order valence-electron chi connectivity index (χ2n) is 4.79. The first-order valence-corrected chi connectivity index (χ1v) is 7.71. The number of pyridine rings is 1. The van der Waals surface area contributed by atoms with E-state index in [-0.39, 0.29) is 0 Å². The van der Waals surface area contributed by atoms with Gasteiger partial charge in [-0.15, -0.1) is 0 Å². The van der Waals surface area contributed by atoms with E-state index in [1.807, 2.05) is 47.0 Å². The molecule has 0 saturated carbocycles. The minimum atomic E-state index is 0.355. The molecule has 22 heavy (non-hydrogen) atoms. The molecule has 1 amide bonds. The predicted molar refractivity (Wildman–Crippen MR) is 87.6 cm³/mol. The van der Waals surface area contributed by atoms with Gasteiger partial charge in [-0.2, -0.15) is 3.89 Å². The molecule has 0 bridgehead atoms. The molecule has 0 aliphatic carbocycles. The summed E-state index contributed by atoms with van der Waals surface area (Å²) in [4.78, 5) is 14.8. The predicted octanol–water partition coefficient (Wildman–Crippen LogP) is 3.73. The quantitative estimate of drug-likeness (QED) is 0.705. The maximum atomic E-state index is 12.4. The molecule has 0 atom stereocenters. The van der Waals surface area contributed by atoms with Crippen LogP contribution in [0.1, 0.15) is 5.56 Å². The normalized spacial score (nSPS) is 10.8. The van der Waals surface area contributed by atoms with Crippen molar-refractivity contribution in [3.63, 3.8) is 0 Å². The second kappa shape index (κ2) is 6.62. The Labute approximate surface area is 131 Å². The molecule has 0 fully saturated rings. The number of fused-ring (bicyclic) bond motifs is 1. The van der Waals surface area contributed by atoms with E-state index in [1.54, 1.807) is 6.20 Å². The molecule has 6 heteroatoms. The number of aryl methyl sites for hydroxylation is 1. The molecule has 0 saturated heterocycles. The van der Waals surface area contributed by atoms with E-state index < -0.39 is 0 Å². The third-order valence-corrected chi connectivity index (χ3v) is 3.79. The molecular formula is C16H14FN3OS. The van der Waals surface area contributed by atoms with Gasteiger partial charge in [0.05, 0.1) is 6.20 Å². The SMILES string of the molecule is O=CNc1cn2cc(-c3ccccc3CCSF)ccc2n1. The summed E-state index contributed by atoms with van der Waals surface area (Å²) in [5.41, 5.74) is 3.97. The standard InChI is InChI=1S/C16H14FN3OS/c17-22-8-7-12-3-1-2-4-14(12)13-5-6-16-19-15(18-11-21)10-20(16)9-13/h1-6,9-11H,7-8H2,(H,18,21). The summed E-state index contributed by atoms with van der Waals surface area (Å²) in [6.07, 6.45) is 5.00. The van der Waals surface area contributed by atoms with Gasteiger partial charge in [0.2, 0.25) is 6.41 Å². The van der Waals surface area contributed by atoms with Crippen molar-refractivity contribution >= 4 is 30.0 Å². The molecule has 0 aliphatic heterocycles. The monoisotopic (exact) mass is 315 g/mol. The Hall–Kier alpha value is -2.34. The zero-order chi connectivity index (χ0) is 15.4. The number of nitrogens with zero attached hydrogens (tertiary/aromatic N) is 2. The molecule has 2 aromatic heterocycles. The summed E-state index contributed by atoms with van der Waals surface area (Å²) in [6.45, 7) is 0. The van der Waals surface area contributed by atoms with Gasteiger partial charge in [-0.1, -0.05) is 24.3 Å². The lowest BCUT2D eigenvalue weighted by molar-refractivity contribution is -0.105. The molecule has 0 aliphatic rings. The number of anilines is 1. The number of amides is 1. The van der Waals surface area contributed by atoms with E-state index in [9.17, 15) is 8.68 Å². The fourth-order valence-electron chi connectivity index (χ4n) is 2.45. The summed E-state index contributed by atoms with van der Waals surface area (Å²) in [6, 6.07) is 11.9. The lowest BCUT2D eigenvalue weighted by Gasteiger charge is -2.09. The highest BCUT2D eigenvalue weighted by molar-refractivity contribution is 7.94. The maximum absolute atomic E-state index is 12.4. The van der Waals surface area contributed by atoms with E-state index in [2.05, 4.69) is 10.3 Å². The van der Waals surface area contributed by atoms with Gasteiger partial charge in [0, 0.05) is 24.1 Å². The van der Waals surface area contributed by atoms with Crippen LogP contribution in [0.4, 0.5) is 9.70 Å². The van der Waals surface area contributed by atoms with Gasteiger partial charge in [0.15, 0.2) is 5.82 Å². The Morgan fingerprint density at radius 1 is 1.23 bits per heavy atom. The van der Waals surface area contributed by atoms with Crippen LogP contribution < -0.4 is 5.32 Å². The maximum Gasteiger partial charge on any atom is 0.212 e. The van der Waals surface area contributed by atoms with E-state index in [1.165, 1.54) is 0 Å². The zero-order valence-corrected chi connectivity index (χ0v) is 12.5. The average molecular weight is 315 g/mol. The third-order valence-electron chi connectivity index (χ3n) is 3.43. The van der Waals surface area contributed by atoms with Gasteiger partial charge in [0.25, 0.3) is 0 Å². The van der Waals surface area contributed by atoms with E-state index >= 15 is 0 Å². The summed E-state index contributed by atoms with van der Waals surface area (Å²) in [5.74, 6) is 0.951.